The van der Waals surface area contributed by atoms with Crippen molar-refractivity contribution in [3.05, 3.63) is 95.1 Å². The van der Waals surface area contributed by atoms with Gasteiger partial charge in [0.15, 0.2) is 4.96 Å². The third-order valence-electron chi connectivity index (χ3n) is 4.67. The van der Waals surface area contributed by atoms with E-state index in [1.54, 1.807) is 23.5 Å². The van der Waals surface area contributed by atoms with Gasteiger partial charge in [0.1, 0.15) is 17.3 Å². The summed E-state index contributed by atoms with van der Waals surface area (Å²) < 4.78 is 15.5. The predicted octanol–water partition coefficient (Wildman–Crippen LogP) is 7.27. The van der Waals surface area contributed by atoms with Crippen LogP contribution in [0.25, 0.3) is 27.5 Å². The van der Waals surface area contributed by atoms with Crippen molar-refractivity contribution in [3.8, 4) is 22.5 Å². The second kappa shape index (κ2) is 7.35. The van der Waals surface area contributed by atoms with Crippen LogP contribution < -0.4 is 5.32 Å². The molecule has 2 aromatic heterocycles. The summed E-state index contributed by atoms with van der Waals surface area (Å²) in [5, 5.41) is 6.14. The maximum absolute atomic E-state index is 13.4. The van der Waals surface area contributed by atoms with Crippen LogP contribution in [0.2, 0.25) is 5.02 Å². The highest BCUT2D eigenvalue weighted by molar-refractivity contribution is 7.15. The van der Waals surface area contributed by atoms with Crippen LogP contribution in [-0.2, 0) is 0 Å². The molecule has 3 aromatic carbocycles. The molecular formula is C23H15ClFN3S. The number of anilines is 2. The molecule has 0 aliphatic rings. The van der Waals surface area contributed by atoms with E-state index in [1.807, 2.05) is 42.5 Å². The third-order valence-corrected chi connectivity index (χ3v) is 5.82. The fraction of sp³-hybridized carbons (Fsp3) is 0. The highest BCUT2D eigenvalue weighted by atomic mass is 35.5. The van der Waals surface area contributed by atoms with E-state index in [4.69, 9.17) is 16.6 Å². The van der Waals surface area contributed by atoms with E-state index in [9.17, 15) is 4.39 Å². The summed E-state index contributed by atoms with van der Waals surface area (Å²) in [4.78, 5) is 5.71. The number of hydrogen-bond donors (Lipinski definition) is 1. The van der Waals surface area contributed by atoms with Gasteiger partial charge in [-0.05, 0) is 35.9 Å². The fourth-order valence-corrected chi connectivity index (χ4v) is 4.42. The number of fused-ring (bicyclic) bond motifs is 1. The van der Waals surface area contributed by atoms with Gasteiger partial charge < -0.3 is 5.32 Å². The van der Waals surface area contributed by atoms with Crippen LogP contribution in [0.4, 0.5) is 15.9 Å². The number of aromatic nitrogens is 2. The van der Waals surface area contributed by atoms with Crippen molar-refractivity contribution in [3.63, 3.8) is 0 Å². The SMILES string of the molecule is Fc1ccc(Nc2c(-c3ccccc3Cl)nc3scc(-c4ccccc4)n23)cc1. The van der Waals surface area contributed by atoms with E-state index in [1.165, 1.54) is 12.1 Å². The van der Waals surface area contributed by atoms with Crippen LogP contribution in [0.1, 0.15) is 0 Å². The standard InChI is InChI=1S/C23H15ClFN3S/c24-19-9-5-4-8-18(19)21-22(26-17-12-10-16(25)11-13-17)28-20(14-29-23(28)27-21)15-6-2-1-3-7-15/h1-14,26H. The smallest absolute Gasteiger partial charge is 0.196 e. The lowest BCUT2D eigenvalue weighted by atomic mass is 10.1. The van der Waals surface area contributed by atoms with Crippen molar-refractivity contribution in [1.29, 1.82) is 0 Å². The second-order valence-electron chi connectivity index (χ2n) is 6.53. The summed E-state index contributed by atoms with van der Waals surface area (Å²) in [6.07, 6.45) is 0. The lowest BCUT2D eigenvalue weighted by Crippen LogP contribution is -1.98. The first-order valence-corrected chi connectivity index (χ1v) is 10.3. The molecule has 2 heterocycles. The Balaban J connectivity index is 1.75. The van der Waals surface area contributed by atoms with Gasteiger partial charge >= 0.3 is 0 Å². The lowest BCUT2D eigenvalue weighted by Gasteiger charge is -2.11. The zero-order chi connectivity index (χ0) is 19.8. The summed E-state index contributed by atoms with van der Waals surface area (Å²) in [5.74, 6) is 0.514. The minimum atomic E-state index is -0.277. The number of imidazole rings is 1. The van der Waals surface area contributed by atoms with Crippen molar-refractivity contribution in [2.75, 3.05) is 5.32 Å². The molecule has 0 saturated carbocycles. The van der Waals surface area contributed by atoms with E-state index in [0.29, 0.717) is 5.02 Å². The highest BCUT2D eigenvalue weighted by Gasteiger charge is 2.20. The molecule has 5 aromatic rings. The average Bonchev–Trinajstić information content (AvgIpc) is 3.31. The van der Waals surface area contributed by atoms with Crippen molar-refractivity contribution in [2.45, 2.75) is 0 Å². The van der Waals surface area contributed by atoms with Crippen LogP contribution in [0.5, 0.6) is 0 Å². The van der Waals surface area contributed by atoms with E-state index < -0.39 is 0 Å². The number of thiazole rings is 1. The predicted molar refractivity (Wildman–Crippen MR) is 119 cm³/mol. The minimum Gasteiger partial charge on any atom is -0.339 e. The van der Waals surface area contributed by atoms with Gasteiger partial charge in [-0.15, -0.1) is 11.3 Å². The van der Waals surface area contributed by atoms with Gasteiger partial charge in [0.2, 0.25) is 0 Å². The van der Waals surface area contributed by atoms with Crippen LogP contribution in [0.3, 0.4) is 0 Å². The largest absolute Gasteiger partial charge is 0.339 e. The van der Waals surface area contributed by atoms with Crippen LogP contribution in [0, 0.1) is 5.82 Å². The zero-order valence-electron chi connectivity index (χ0n) is 15.1. The van der Waals surface area contributed by atoms with Gasteiger partial charge in [-0.2, -0.15) is 0 Å². The first-order chi connectivity index (χ1) is 14.2. The molecule has 0 atom stereocenters. The number of benzene rings is 3. The molecule has 0 aliphatic heterocycles. The van der Waals surface area contributed by atoms with Gasteiger partial charge in [0, 0.05) is 16.6 Å². The van der Waals surface area contributed by atoms with E-state index in [0.717, 1.165) is 39.0 Å². The summed E-state index contributed by atoms with van der Waals surface area (Å²) in [6.45, 7) is 0. The zero-order valence-corrected chi connectivity index (χ0v) is 16.7. The Bertz CT molecular complexity index is 1290. The Labute approximate surface area is 176 Å². The van der Waals surface area contributed by atoms with Crippen molar-refractivity contribution in [1.82, 2.24) is 9.38 Å². The number of hydrogen-bond acceptors (Lipinski definition) is 3. The van der Waals surface area contributed by atoms with E-state index in [-0.39, 0.29) is 5.82 Å². The summed E-state index contributed by atoms with van der Waals surface area (Å²) in [5.41, 5.74) is 4.48. The molecule has 0 saturated heterocycles. The molecule has 3 nitrogen and oxygen atoms in total. The molecule has 5 rings (SSSR count). The molecule has 0 bridgehead atoms. The Morgan fingerprint density at radius 1 is 0.897 bits per heavy atom. The second-order valence-corrected chi connectivity index (χ2v) is 7.77. The quantitative estimate of drug-likeness (QED) is 0.332. The molecule has 29 heavy (non-hydrogen) atoms. The number of nitrogens with zero attached hydrogens (tertiary/aromatic N) is 2. The molecule has 142 valence electrons. The van der Waals surface area contributed by atoms with Crippen LogP contribution in [-0.4, -0.2) is 9.38 Å². The first kappa shape index (κ1) is 17.9. The Morgan fingerprint density at radius 3 is 2.38 bits per heavy atom. The topological polar surface area (TPSA) is 29.3 Å². The number of rotatable bonds is 4. The summed E-state index contributed by atoms with van der Waals surface area (Å²) in [6, 6.07) is 24.1. The highest BCUT2D eigenvalue weighted by Crippen LogP contribution is 2.39. The Kier molecular flexibility index (Phi) is 4.54. The van der Waals surface area contributed by atoms with Crippen LogP contribution >= 0.6 is 22.9 Å². The molecule has 0 aliphatic carbocycles. The number of nitrogens with one attached hydrogen (secondary N) is 1. The monoisotopic (exact) mass is 419 g/mol. The van der Waals surface area contributed by atoms with Gasteiger partial charge in [0.25, 0.3) is 0 Å². The van der Waals surface area contributed by atoms with Crippen molar-refractivity contribution >= 4 is 39.4 Å². The van der Waals surface area contributed by atoms with Gasteiger partial charge in [-0.1, -0.05) is 60.1 Å². The lowest BCUT2D eigenvalue weighted by molar-refractivity contribution is 0.628. The van der Waals surface area contributed by atoms with E-state index in [2.05, 4.69) is 27.2 Å². The Hall–Kier alpha value is -3.15. The average molecular weight is 420 g/mol. The molecule has 0 amide bonds. The van der Waals surface area contributed by atoms with Crippen LogP contribution in [0.15, 0.2) is 84.2 Å². The number of halogens is 2. The molecule has 0 radical (unpaired) electrons. The summed E-state index contributed by atoms with van der Waals surface area (Å²) in [7, 11) is 0. The molecule has 0 spiro atoms. The minimum absolute atomic E-state index is 0.277. The van der Waals surface area contributed by atoms with Crippen molar-refractivity contribution in [2.24, 2.45) is 0 Å². The first-order valence-electron chi connectivity index (χ1n) is 9.03. The van der Waals surface area contributed by atoms with Gasteiger partial charge in [0.05, 0.1) is 10.7 Å². The maximum Gasteiger partial charge on any atom is 0.196 e. The molecule has 6 heteroatoms. The third kappa shape index (κ3) is 3.28. The fourth-order valence-electron chi connectivity index (χ4n) is 3.30. The van der Waals surface area contributed by atoms with Gasteiger partial charge in [-0.3, -0.25) is 4.40 Å². The molecule has 1 N–H and O–H groups in total. The molecular weight excluding hydrogens is 405 g/mol. The normalized spacial score (nSPS) is 11.1. The molecule has 0 fully saturated rings. The summed E-state index contributed by atoms with van der Waals surface area (Å²) >= 11 is 8.05. The van der Waals surface area contributed by atoms with E-state index >= 15 is 0 Å². The van der Waals surface area contributed by atoms with Crippen molar-refractivity contribution < 1.29 is 4.39 Å². The maximum atomic E-state index is 13.4. The Morgan fingerprint density at radius 2 is 1.62 bits per heavy atom. The van der Waals surface area contributed by atoms with Gasteiger partial charge in [-0.25, -0.2) is 9.37 Å². The molecule has 0 unspecified atom stereocenters.